The Hall–Kier alpha value is -2.60. The van der Waals surface area contributed by atoms with Crippen LogP contribution in [0.2, 0.25) is 0 Å². The van der Waals surface area contributed by atoms with E-state index in [-0.39, 0.29) is 18.3 Å². The van der Waals surface area contributed by atoms with E-state index in [1.54, 1.807) is 0 Å². The zero-order valence-corrected chi connectivity index (χ0v) is 15.0. The van der Waals surface area contributed by atoms with Crippen molar-refractivity contribution in [3.05, 3.63) is 71.5 Å². The number of carbonyl (C=O) groups excluding carboxylic acids is 1. The lowest BCUT2D eigenvalue weighted by molar-refractivity contribution is -0.141. The molecule has 0 aliphatic rings. The molecule has 0 bridgehead atoms. The van der Waals surface area contributed by atoms with Gasteiger partial charge in [0.15, 0.2) is 5.16 Å². The number of hydrogen-bond acceptors (Lipinski definition) is 5. The predicted molar refractivity (Wildman–Crippen MR) is 97.8 cm³/mol. The first-order valence-electron chi connectivity index (χ1n) is 7.95. The molecule has 2 aromatic carbocycles. The summed E-state index contributed by atoms with van der Waals surface area (Å²) in [5.41, 5.74) is 3.12. The number of hydrogen-bond donors (Lipinski definition) is 0. The SMILES string of the molecule is Cc1cccc(-n2c(C)nnc2SCC(=O)OCc2ccccc2)c1. The molecule has 0 amide bonds. The lowest BCUT2D eigenvalue weighted by Crippen LogP contribution is -2.08. The number of nitrogens with zero attached hydrogens (tertiary/aromatic N) is 3. The first-order valence-corrected chi connectivity index (χ1v) is 8.93. The molecule has 1 aromatic heterocycles. The number of thioether (sulfide) groups is 1. The van der Waals surface area contributed by atoms with Crippen LogP contribution >= 0.6 is 11.8 Å². The maximum absolute atomic E-state index is 12.0. The Labute approximate surface area is 151 Å². The fraction of sp³-hybridized carbons (Fsp3) is 0.211. The molecule has 25 heavy (non-hydrogen) atoms. The zero-order valence-electron chi connectivity index (χ0n) is 14.2. The van der Waals surface area contributed by atoms with E-state index in [9.17, 15) is 4.79 Å². The number of ether oxygens (including phenoxy) is 1. The minimum absolute atomic E-state index is 0.191. The third-order valence-corrected chi connectivity index (χ3v) is 4.52. The second kappa shape index (κ2) is 7.98. The lowest BCUT2D eigenvalue weighted by Gasteiger charge is -2.09. The van der Waals surface area contributed by atoms with Crippen LogP contribution in [-0.4, -0.2) is 26.5 Å². The predicted octanol–water partition coefficient (Wildman–Crippen LogP) is 3.72. The third kappa shape index (κ3) is 4.48. The quantitative estimate of drug-likeness (QED) is 0.499. The van der Waals surface area contributed by atoms with Gasteiger partial charge in [-0.1, -0.05) is 54.2 Å². The van der Waals surface area contributed by atoms with Gasteiger partial charge in [0.1, 0.15) is 12.4 Å². The van der Waals surface area contributed by atoms with Crippen LogP contribution in [-0.2, 0) is 16.1 Å². The Kier molecular flexibility index (Phi) is 5.50. The van der Waals surface area contributed by atoms with Gasteiger partial charge in [-0.25, -0.2) is 0 Å². The minimum atomic E-state index is -0.273. The molecular formula is C19H19N3O2S. The van der Waals surface area contributed by atoms with Crippen LogP contribution in [0, 0.1) is 13.8 Å². The van der Waals surface area contributed by atoms with Gasteiger partial charge in [0.25, 0.3) is 0 Å². The Bertz CT molecular complexity index is 862. The smallest absolute Gasteiger partial charge is 0.316 e. The third-order valence-electron chi connectivity index (χ3n) is 3.62. The van der Waals surface area contributed by atoms with Crippen LogP contribution in [0.3, 0.4) is 0 Å². The van der Waals surface area contributed by atoms with Crippen LogP contribution in [0.1, 0.15) is 17.0 Å². The number of benzene rings is 2. The summed E-state index contributed by atoms with van der Waals surface area (Å²) in [5, 5.41) is 8.99. The van der Waals surface area contributed by atoms with Crippen LogP contribution in [0.5, 0.6) is 0 Å². The van der Waals surface area contributed by atoms with Crippen LogP contribution < -0.4 is 0 Å². The average Bonchev–Trinajstić information content (AvgIpc) is 2.99. The molecule has 0 saturated heterocycles. The van der Waals surface area contributed by atoms with E-state index in [0.29, 0.717) is 5.16 Å². The van der Waals surface area contributed by atoms with E-state index >= 15 is 0 Å². The van der Waals surface area contributed by atoms with Crippen molar-refractivity contribution in [3.8, 4) is 5.69 Å². The molecule has 3 rings (SSSR count). The summed E-state index contributed by atoms with van der Waals surface area (Å²) in [6, 6.07) is 17.7. The fourth-order valence-electron chi connectivity index (χ4n) is 2.40. The number of esters is 1. The van der Waals surface area contributed by atoms with Gasteiger partial charge in [-0.15, -0.1) is 10.2 Å². The van der Waals surface area contributed by atoms with Gasteiger partial charge in [0, 0.05) is 5.69 Å². The van der Waals surface area contributed by atoms with Crippen molar-refractivity contribution in [2.45, 2.75) is 25.6 Å². The van der Waals surface area contributed by atoms with E-state index < -0.39 is 0 Å². The van der Waals surface area contributed by atoms with Gasteiger partial charge in [-0.2, -0.15) is 0 Å². The summed E-state index contributed by atoms with van der Waals surface area (Å²) in [6.07, 6.45) is 0. The minimum Gasteiger partial charge on any atom is -0.460 e. The molecule has 5 nitrogen and oxygen atoms in total. The summed E-state index contributed by atoms with van der Waals surface area (Å²) in [6.45, 7) is 4.22. The highest BCUT2D eigenvalue weighted by atomic mass is 32.2. The molecule has 0 spiro atoms. The maximum atomic E-state index is 12.0. The summed E-state index contributed by atoms with van der Waals surface area (Å²) in [7, 11) is 0. The highest BCUT2D eigenvalue weighted by Gasteiger charge is 2.14. The molecular weight excluding hydrogens is 334 g/mol. The van der Waals surface area contributed by atoms with Crippen molar-refractivity contribution in [2.24, 2.45) is 0 Å². The first-order chi connectivity index (χ1) is 12.1. The fourth-order valence-corrected chi connectivity index (χ4v) is 3.20. The molecule has 128 valence electrons. The molecule has 0 atom stereocenters. The number of aryl methyl sites for hydroxylation is 2. The number of rotatable bonds is 6. The zero-order chi connectivity index (χ0) is 17.6. The van der Waals surface area contributed by atoms with Gasteiger partial charge in [0.05, 0.1) is 5.75 Å². The van der Waals surface area contributed by atoms with Crippen molar-refractivity contribution in [1.29, 1.82) is 0 Å². The topological polar surface area (TPSA) is 57.0 Å². The molecule has 6 heteroatoms. The van der Waals surface area contributed by atoms with Crippen LogP contribution in [0.25, 0.3) is 5.69 Å². The normalized spacial score (nSPS) is 10.6. The van der Waals surface area contributed by atoms with E-state index in [2.05, 4.69) is 16.3 Å². The molecule has 1 heterocycles. The Balaban J connectivity index is 1.63. The Morgan fingerprint density at radius 2 is 1.88 bits per heavy atom. The van der Waals surface area contributed by atoms with E-state index in [1.165, 1.54) is 11.8 Å². The van der Waals surface area contributed by atoms with Crippen molar-refractivity contribution < 1.29 is 9.53 Å². The van der Waals surface area contributed by atoms with Gasteiger partial charge in [0.2, 0.25) is 0 Å². The lowest BCUT2D eigenvalue weighted by atomic mass is 10.2. The van der Waals surface area contributed by atoms with Gasteiger partial charge >= 0.3 is 5.97 Å². The second-order valence-corrected chi connectivity index (χ2v) is 6.58. The second-order valence-electron chi connectivity index (χ2n) is 5.64. The largest absolute Gasteiger partial charge is 0.460 e. The summed E-state index contributed by atoms with van der Waals surface area (Å²) in [5.74, 6) is 0.701. The standard InChI is InChI=1S/C19H19N3O2S/c1-14-7-6-10-17(11-14)22-15(2)20-21-19(22)25-13-18(23)24-12-16-8-4-3-5-9-16/h3-11H,12-13H2,1-2H3. The molecule has 0 N–H and O–H groups in total. The van der Waals surface area contributed by atoms with E-state index in [0.717, 1.165) is 22.6 Å². The van der Waals surface area contributed by atoms with E-state index in [1.807, 2.05) is 66.9 Å². The van der Waals surface area contributed by atoms with Crippen molar-refractivity contribution in [3.63, 3.8) is 0 Å². The van der Waals surface area contributed by atoms with Gasteiger partial charge in [-0.05, 0) is 37.1 Å². The average molecular weight is 353 g/mol. The number of carbonyl (C=O) groups is 1. The highest BCUT2D eigenvalue weighted by Crippen LogP contribution is 2.22. The molecule has 3 aromatic rings. The molecule has 0 radical (unpaired) electrons. The molecule has 0 unspecified atom stereocenters. The monoisotopic (exact) mass is 353 g/mol. The first kappa shape index (κ1) is 17.2. The summed E-state index contributed by atoms with van der Waals surface area (Å²) >= 11 is 1.33. The molecule has 0 fully saturated rings. The molecule has 0 saturated carbocycles. The Morgan fingerprint density at radius 3 is 2.64 bits per heavy atom. The molecule has 0 aliphatic heterocycles. The van der Waals surface area contributed by atoms with E-state index in [4.69, 9.17) is 4.74 Å². The van der Waals surface area contributed by atoms with Crippen molar-refractivity contribution in [1.82, 2.24) is 14.8 Å². The van der Waals surface area contributed by atoms with Crippen molar-refractivity contribution >= 4 is 17.7 Å². The summed E-state index contributed by atoms with van der Waals surface area (Å²) < 4.78 is 7.25. The van der Waals surface area contributed by atoms with Gasteiger partial charge < -0.3 is 4.74 Å². The molecule has 0 aliphatic carbocycles. The number of aromatic nitrogens is 3. The highest BCUT2D eigenvalue weighted by molar-refractivity contribution is 7.99. The summed E-state index contributed by atoms with van der Waals surface area (Å²) in [4.78, 5) is 12.0. The van der Waals surface area contributed by atoms with Crippen molar-refractivity contribution in [2.75, 3.05) is 5.75 Å². The van der Waals surface area contributed by atoms with Gasteiger partial charge in [-0.3, -0.25) is 9.36 Å². The van der Waals surface area contributed by atoms with Crippen LogP contribution in [0.4, 0.5) is 0 Å². The Morgan fingerprint density at radius 1 is 1.08 bits per heavy atom. The van der Waals surface area contributed by atoms with Crippen LogP contribution in [0.15, 0.2) is 59.8 Å². The maximum Gasteiger partial charge on any atom is 0.316 e.